The monoisotopic (exact) mass is 367 g/mol. The molecular formula is C21H22FN3O2. The van der Waals surface area contributed by atoms with Crippen LogP contribution in [0.1, 0.15) is 21.5 Å². The van der Waals surface area contributed by atoms with E-state index >= 15 is 0 Å². The van der Waals surface area contributed by atoms with Gasteiger partial charge in [-0.15, -0.1) is 0 Å². The topological polar surface area (TPSA) is 52.7 Å². The first-order valence-corrected chi connectivity index (χ1v) is 9.27. The van der Waals surface area contributed by atoms with Crippen LogP contribution in [0.15, 0.2) is 48.5 Å². The molecule has 1 N–H and O–H groups in total. The summed E-state index contributed by atoms with van der Waals surface area (Å²) in [6.45, 7) is 1.86. The number of carbonyl (C=O) groups is 2. The fourth-order valence-electron chi connectivity index (χ4n) is 3.84. The predicted molar refractivity (Wildman–Crippen MR) is 100 cm³/mol. The van der Waals surface area contributed by atoms with Crippen LogP contribution >= 0.6 is 0 Å². The number of hydrogen-bond acceptors (Lipinski definition) is 2. The molecule has 2 aromatic carbocycles. The number of amides is 3. The van der Waals surface area contributed by atoms with Crippen molar-refractivity contribution in [1.82, 2.24) is 15.1 Å². The Bertz CT molecular complexity index is 837. The second kappa shape index (κ2) is 7.39. The van der Waals surface area contributed by atoms with Crippen molar-refractivity contribution in [3.63, 3.8) is 0 Å². The van der Waals surface area contributed by atoms with Crippen molar-refractivity contribution >= 4 is 11.9 Å². The molecule has 2 aromatic rings. The van der Waals surface area contributed by atoms with E-state index in [0.29, 0.717) is 31.7 Å². The number of nitrogens with one attached hydrogen (secondary N) is 1. The Morgan fingerprint density at radius 3 is 2.15 bits per heavy atom. The molecule has 0 aromatic heterocycles. The lowest BCUT2D eigenvalue weighted by atomic mass is 10.1. The summed E-state index contributed by atoms with van der Waals surface area (Å²) in [5.41, 5.74) is 2.94. The lowest BCUT2D eigenvalue weighted by Gasteiger charge is -2.35. The lowest BCUT2D eigenvalue weighted by molar-refractivity contribution is 0.0663. The minimum absolute atomic E-state index is 0.0781. The van der Waals surface area contributed by atoms with Crippen LogP contribution in [0.25, 0.3) is 0 Å². The maximum Gasteiger partial charge on any atom is 0.317 e. The van der Waals surface area contributed by atoms with E-state index in [4.69, 9.17) is 0 Å². The summed E-state index contributed by atoms with van der Waals surface area (Å²) in [7, 11) is 0. The molecule has 1 heterocycles. The van der Waals surface area contributed by atoms with E-state index in [9.17, 15) is 14.0 Å². The third-order valence-corrected chi connectivity index (χ3v) is 5.30. The number of nitrogens with zero attached hydrogens (tertiary/aromatic N) is 2. The Balaban J connectivity index is 1.29. The molecule has 1 aliphatic heterocycles. The van der Waals surface area contributed by atoms with Crippen LogP contribution in [0.5, 0.6) is 0 Å². The van der Waals surface area contributed by atoms with Crippen molar-refractivity contribution < 1.29 is 14.0 Å². The molecule has 2 aliphatic rings. The minimum atomic E-state index is -0.420. The van der Waals surface area contributed by atoms with Gasteiger partial charge in [-0.05, 0) is 42.2 Å². The van der Waals surface area contributed by atoms with Gasteiger partial charge in [-0.1, -0.05) is 30.3 Å². The Hall–Kier alpha value is -2.89. The van der Waals surface area contributed by atoms with Crippen LogP contribution < -0.4 is 5.32 Å². The van der Waals surface area contributed by atoms with Crippen molar-refractivity contribution in [3.8, 4) is 0 Å². The number of halogens is 1. The summed E-state index contributed by atoms with van der Waals surface area (Å²) in [5, 5.41) is 3.11. The van der Waals surface area contributed by atoms with Gasteiger partial charge in [-0.2, -0.15) is 0 Å². The molecule has 4 rings (SSSR count). The van der Waals surface area contributed by atoms with Crippen LogP contribution in [0.4, 0.5) is 9.18 Å². The second-order valence-electron chi connectivity index (χ2n) is 7.11. The second-order valence-corrected chi connectivity index (χ2v) is 7.11. The van der Waals surface area contributed by atoms with E-state index in [-0.39, 0.29) is 18.0 Å². The number of benzene rings is 2. The van der Waals surface area contributed by atoms with Gasteiger partial charge in [0, 0.05) is 37.8 Å². The molecular weight excluding hydrogens is 345 g/mol. The largest absolute Gasteiger partial charge is 0.335 e. The molecule has 0 spiro atoms. The van der Waals surface area contributed by atoms with Crippen LogP contribution in [0.3, 0.4) is 0 Å². The number of carbonyl (C=O) groups excluding carboxylic acids is 2. The van der Waals surface area contributed by atoms with Gasteiger partial charge in [0.05, 0.1) is 0 Å². The summed E-state index contributed by atoms with van der Waals surface area (Å²) in [6.07, 6.45) is 1.72. The SMILES string of the molecule is O=C(NC1Cc2ccccc2C1)N1CCN(C(=O)c2cccc(F)c2)CC1. The van der Waals surface area contributed by atoms with Gasteiger partial charge in [0.25, 0.3) is 5.91 Å². The molecule has 0 unspecified atom stereocenters. The first-order chi connectivity index (χ1) is 13.1. The molecule has 0 saturated carbocycles. The van der Waals surface area contributed by atoms with Gasteiger partial charge in [-0.25, -0.2) is 9.18 Å². The van der Waals surface area contributed by atoms with Gasteiger partial charge in [0.2, 0.25) is 0 Å². The zero-order chi connectivity index (χ0) is 18.8. The van der Waals surface area contributed by atoms with Crippen molar-refractivity contribution in [2.45, 2.75) is 18.9 Å². The number of rotatable bonds is 2. The summed E-state index contributed by atoms with van der Waals surface area (Å²) >= 11 is 0. The van der Waals surface area contributed by atoms with Crippen LogP contribution in [-0.2, 0) is 12.8 Å². The molecule has 5 nitrogen and oxygen atoms in total. The van der Waals surface area contributed by atoms with Crippen molar-refractivity contribution in [1.29, 1.82) is 0 Å². The van der Waals surface area contributed by atoms with E-state index < -0.39 is 5.82 Å². The lowest BCUT2D eigenvalue weighted by Crippen LogP contribution is -2.54. The average Bonchev–Trinajstić information content (AvgIpc) is 3.09. The standard InChI is InChI=1S/C21H22FN3O2/c22-18-7-3-6-17(12-18)20(26)24-8-10-25(11-9-24)21(27)23-19-13-15-4-1-2-5-16(15)14-19/h1-7,12,19H,8-11,13-14H2,(H,23,27). The Morgan fingerprint density at radius 2 is 1.52 bits per heavy atom. The number of hydrogen-bond donors (Lipinski definition) is 1. The minimum Gasteiger partial charge on any atom is -0.335 e. The van der Waals surface area contributed by atoms with Crippen molar-refractivity contribution in [2.24, 2.45) is 0 Å². The smallest absolute Gasteiger partial charge is 0.317 e. The first-order valence-electron chi connectivity index (χ1n) is 9.27. The molecule has 0 bridgehead atoms. The number of fused-ring (bicyclic) bond motifs is 1. The van der Waals surface area contributed by atoms with Crippen molar-refractivity contribution in [2.75, 3.05) is 26.2 Å². The fourth-order valence-corrected chi connectivity index (χ4v) is 3.84. The van der Waals surface area contributed by atoms with Crippen LogP contribution in [0.2, 0.25) is 0 Å². The van der Waals surface area contributed by atoms with Gasteiger partial charge < -0.3 is 15.1 Å². The van der Waals surface area contributed by atoms with Gasteiger partial charge in [0.15, 0.2) is 0 Å². The molecule has 3 amide bonds. The molecule has 1 aliphatic carbocycles. The van der Waals surface area contributed by atoms with Crippen LogP contribution in [-0.4, -0.2) is 54.0 Å². The van der Waals surface area contributed by atoms with Crippen LogP contribution in [0, 0.1) is 5.82 Å². The maximum atomic E-state index is 13.3. The predicted octanol–water partition coefficient (Wildman–Crippen LogP) is 2.46. The summed E-state index contributed by atoms with van der Waals surface area (Å²) in [4.78, 5) is 28.5. The molecule has 1 saturated heterocycles. The quantitative estimate of drug-likeness (QED) is 0.887. The maximum absolute atomic E-state index is 13.3. The van der Waals surface area contributed by atoms with E-state index in [1.165, 1.54) is 29.3 Å². The number of piperazine rings is 1. The van der Waals surface area contributed by atoms with E-state index in [0.717, 1.165) is 12.8 Å². The number of urea groups is 1. The van der Waals surface area contributed by atoms with E-state index in [1.54, 1.807) is 15.9 Å². The molecule has 1 fully saturated rings. The van der Waals surface area contributed by atoms with Gasteiger partial charge >= 0.3 is 6.03 Å². The molecule has 6 heteroatoms. The molecule has 140 valence electrons. The average molecular weight is 367 g/mol. The highest BCUT2D eigenvalue weighted by atomic mass is 19.1. The normalized spacial score (nSPS) is 16.9. The Morgan fingerprint density at radius 1 is 0.889 bits per heavy atom. The Kier molecular flexibility index (Phi) is 4.79. The Labute approximate surface area is 157 Å². The van der Waals surface area contributed by atoms with E-state index in [1.807, 2.05) is 12.1 Å². The fraction of sp³-hybridized carbons (Fsp3) is 0.333. The first kappa shape index (κ1) is 17.5. The highest BCUT2D eigenvalue weighted by Crippen LogP contribution is 2.22. The molecule has 0 atom stereocenters. The van der Waals surface area contributed by atoms with E-state index in [2.05, 4.69) is 17.4 Å². The summed E-state index contributed by atoms with van der Waals surface area (Å²) in [5.74, 6) is -0.614. The van der Waals surface area contributed by atoms with Gasteiger partial charge in [-0.3, -0.25) is 4.79 Å². The van der Waals surface area contributed by atoms with Crippen molar-refractivity contribution in [3.05, 3.63) is 71.0 Å². The summed E-state index contributed by atoms with van der Waals surface area (Å²) in [6, 6.07) is 14.0. The molecule has 0 radical (unpaired) electrons. The summed E-state index contributed by atoms with van der Waals surface area (Å²) < 4.78 is 13.3. The third kappa shape index (κ3) is 3.79. The zero-order valence-corrected chi connectivity index (χ0v) is 15.0. The van der Waals surface area contributed by atoms with Gasteiger partial charge in [0.1, 0.15) is 5.82 Å². The third-order valence-electron chi connectivity index (χ3n) is 5.30. The zero-order valence-electron chi connectivity index (χ0n) is 15.0. The highest BCUT2D eigenvalue weighted by Gasteiger charge is 2.28. The highest BCUT2D eigenvalue weighted by molar-refractivity contribution is 5.94. The molecule has 27 heavy (non-hydrogen) atoms.